The first kappa shape index (κ1) is 8.20. The zero-order chi connectivity index (χ0) is 8.27. The molecule has 0 saturated carbocycles. The van der Waals surface area contributed by atoms with E-state index in [-0.39, 0.29) is 0 Å². The van der Waals surface area contributed by atoms with E-state index in [0.717, 1.165) is 17.8 Å². The molecule has 0 radical (unpaired) electrons. The summed E-state index contributed by atoms with van der Waals surface area (Å²) in [5, 5.41) is 11.8. The van der Waals surface area contributed by atoms with Gasteiger partial charge in [0.25, 0.3) is 0 Å². The number of aromatic nitrogens is 1. The second-order valence-corrected chi connectivity index (χ2v) is 3.90. The lowest BCUT2D eigenvalue weighted by atomic mass is 10.4. The van der Waals surface area contributed by atoms with Crippen molar-refractivity contribution in [1.29, 1.82) is 0 Å². The summed E-state index contributed by atoms with van der Waals surface area (Å²) in [5.74, 6) is 0. The van der Waals surface area contributed by atoms with Gasteiger partial charge in [-0.3, -0.25) is 0 Å². The van der Waals surface area contributed by atoms with Crippen LogP contribution in [-0.2, 0) is 6.42 Å². The molecule has 0 fully saturated rings. The molecule has 0 amide bonds. The fourth-order valence-electron chi connectivity index (χ4n) is 0.850. The lowest BCUT2D eigenvalue weighted by Gasteiger charge is -1.90. The van der Waals surface area contributed by atoms with Gasteiger partial charge >= 0.3 is 5.30 Å². The van der Waals surface area contributed by atoms with Gasteiger partial charge in [-0.25, -0.2) is 4.98 Å². The van der Waals surface area contributed by atoms with Gasteiger partial charge in [0, 0.05) is 6.42 Å². The molecule has 3 nitrogen and oxygen atoms in total. The third-order valence-electron chi connectivity index (χ3n) is 1.31. The number of thiazole rings is 1. The molecule has 1 heterocycles. The third-order valence-corrected chi connectivity index (χ3v) is 2.88. The number of carboxylic acid groups (broad SMARTS) is 1. The maximum absolute atomic E-state index is 10.5. The monoisotopic (exact) mass is 171 g/mol. The van der Waals surface area contributed by atoms with Crippen molar-refractivity contribution in [2.45, 2.75) is 19.8 Å². The number of nitrogens with zero attached hydrogens (tertiary/aromatic N) is 1. The van der Waals surface area contributed by atoms with E-state index in [2.05, 4.69) is 4.98 Å². The van der Waals surface area contributed by atoms with E-state index in [1.807, 2.05) is 6.92 Å². The smallest absolute Gasteiger partial charge is 0.302 e. The summed E-state index contributed by atoms with van der Waals surface area (Å²) >= 11 is 0. The van der Waals surface area contributed by atoms with Crippen LogP contribution in [0.2, 0.25) is 0 Å². The molecule has 4 heteroatoms. The first-order valence-electron chi connectivity index (χ1n) is 3.43. The van der Waals surface area contributed by atoms with Crippen LogP contribution in [-0.4, -0.2) is 10.3 Å². The third kappa shape index (κ3) is 1.77. The molecular weight excluding hydrogens is 162 g/mol. The normalized spacial score (nSPS) is 11.5. The molecule has 0 saturated heterocycles. The highest BCUT2D eigenvalue weighted by Crippen LogP contribution is 2.21. The Labute approximate surface area is 67.7 Å². The van der Waals surface area contributed by atoms with E-state index in [4.69, 9.17) is 0 Å². The topological polar surface area (TPSA) is 53.0 Å². The predicted molar refractivity (Wildman–Crippen MR) is 41.5 cm³/mol. The van der Waals surface area contributed by atoms with E-state index in [9.17, 15) is 9.90 Å². The van der Waals surface area contributed by atoms with Crippen molar-refractivity contribution in [3.05, 3.63) is 16.6 Å². The average Bonchev–Trinajstić information content (AvgIpc) is 2.36. The Morgan fingerprint density at radius 1 is 1.82 bits per heavy atom. The van der Waals surface area contributed by atoms with Crippen LogP contribution >= 0.6 is 10.5 Å². The number of carbonyl (C=O) groups excluding carboxylic acids is 1. The average molecular weight is 171 g/mol. The zero-order valence-electron chi connectivity index (χ0n) is 6.24. The van der Waals surface area contributed by atoms with Gasteiger partial charge in [-0.05, 0) is 6.42 Å². The molecule has 0 aliphatic heterocycles. The Balaban J connectivity index is 2.87. The van der Waals surface area contributed by atoms with Crippen LogP contribution in [0.25, 0.3) is 0 Å². The number of carbonyl (C=O) groups is 1. The van der Waals surface area contributed by atoms with Crippen molar-refractivity contribution in [2.75, 3.05) is 0 Å². The number of aryl methyl sites for hydroxylation is 1. The van der Waals surface area contributed by atoms with Crippen molar-refractivity contribution in [3.8, 4) is 0 Å². The van der Waals surface area contributed by atoms with Crippen molar-refractivity contribution in [2.24, 2.45) is 0 Å². The highest BCUT2D eigenvalue weighted by Gasteiger charge is 2.14. The first-order valence-corrected chi connectivity index (χ1v) is 4.72. The van der Waals surface area contributed by atoms with Crippen LogP contribution in [0, 0.1) is 0 Å². The van der Waals surface area contributed by atoms with Crippen LogP contribution in [0.5, 0.6) is 0 Å². The SMILES string of the molecule is CCCc1ncc[s+]1C(=O)[O-]. The first-order chi connectivity index (χ1) is 5.25. The van der Waals surface area contributed by atoms with Crippen molar-refractivity contribution in [1.82, 2.24) is 4.98 Å². The standard InChI is InChI=1S/C7H9NO2S/c1-2-3-6-8-4-5-11(6)7(9)10/h4-5H,2-3H2,1H3. The lowest BCUT2D eigenvalue weighted by Crippen LogP contribution is -2.16. The predicted octanol–water partition coefficient (Wildman–Crippen LogP) is 0.975. The van der Waals surface area contributed by atoms with Gasteiger partial charge in [-0.2, -0.15) is 0 Å². The number of rotatable bonds is 3. The van der Waals surface area contributed by atoms with E-state index in [0.29, 0.717) is 0 Å². The molecule has 0 N–H and O–H groups in total. The number of hydrogen-bond acceptors (Lipinski definition) is 3. The molecule has 0 bridgehead atoms. The highest BCUT2D eigenvalue weighted by molar-refractivity contribution is 7.49. The Kier molecular flexibility index (Phi) is 2.59. The summed E-state index contributed by atoms with van der Waals surface area (Å²) in [6.45, 7) is 2.00. The minimum absolute atomic E-state index is 0.743. The second-order valence-electron chi connectivity index (χ2n) is 2.15. The van der Waals surface area contributed by atoms with E-state index >= 15 is 0 Å². The maximum atomic E-state index is 10.5. The largest absolute Gasteiger partial charge is 0.500 e. The van der Waals surface area contributed by atoms with Gasteiger partial charge in [-0.15, -0.1) is 0 Å². The van der Waals surface area contributed by atoms with E-state index < -0.39 is 15.8 Å². The van der Waals surface area contributed by atoms with Crippen LogP contribution in [0.15, 0.2) is 11.6 Å². The quantitative estimate of drug-likeness (QED) is 0.637. The summed E-state index contributed by atoms with van der Waals surface area (Å²) in [5.41, 5.74) is 0. The Hall–Kier alpha value is -0.900. The van der Waals surface area contributed by atoms with Crippen LogP contribution in [0.1, 0.15) is 18.4 Å². The molecule has 1 unspecified atom stereocenters. The van der Waals surface area contributed by atoms with E-state index in [1.54, 1.807) is 11.6 Å². The zero-order valence-corrected chi connectivity index (χ0v) is 7.06. The number of hydrogen-bond donors (Lipinski definition) is 0. The highest BCUT2D eigenvalue weighted by atomic mass is 32.2. The van der Waals surface area contributed by atoms with Crippen LogP contribution < -0.4 is 5.11 Å². The summed E-state index contributed by atoms with van der Waals surface area (Å²) < 4.78 is 0. The minimum atomic E-state index is -1.02. The molecule has 11 heavy (non-hydrogen) atoms. The molecule has 0 aliphatic rings. The van der Waals surface area contributed by atoms with Gasteiger partial charge < -0.3 is 9.90 Å². The molecular formula is C7H9NO2S. The van der Waals surface area contributed by atoms with Crippen molar-refractivity contribution >= 4 is 15.8 Å². The fourth-order valence-corrected chi connectivity index (χ4v) is 2.09. The maximum Gasteiger partial charge on any atom is 0.302 e. The molecule has 1 aromatic rings. The van der Waals surface area contributed by atoms with Crippen molar-refractivity contribution < 1.29 is 9.90 Å². The summed E-state index contributed by atoms with van der Waals surface area (Å²) in [7, 11) is -0.842. The molecule has 0 aromatic carbocycles. The second kappa shape index (κ2) is 3.48. The van der Waals surface area contributed by atoms with Crippen molar-refractivity contribution in [3.63, 3.8) is 0 Å². The van der Waals surface area contributed by atoms with Gasteiger partial charge in [0.2, 0.25) is 5.01 Å². The fraction of sp³-hybridized carbons (Fsp3) is 0.429. The molecule has 1 atom stereocenters. The molecule has 1 rings (SSSR count). The van der Waals surface area contributed by atoms with Crippen LogP contribution in [0.4, 0.5) is 4.79 Å². The molecule has 0 aliphatic carbocycles. The van der Waals surface area contributed by atoms with Gasteiger partial charge in [0.15, 0.2) is 5.38 Å². The van der Waals surface area contributed by atoms with Gasteiger partial charge in [0.1, 0.15) is 0 Å². The lowest BCUT2D eigenvalue weighted by molar-refractivity contribution is -0.233. The summed E-state index contributed by atoms with van der Waals surface area (Å²) in [4.78, 5) is 14.4. The van der Waals surface area contributed by atoms with Gasteiger partial charge in [0.05, 0.1) is 16.7 Å². The summed E-state index contributed by atoms with van der Waals surface area (Å²) in [6, 6.07) is 0. The molecule has 60 valence electrons. The Morgan fingerprint density at radius 2 is 2.55 bits per heavy atom. The van der Waals surface area contributed by atoms with E-state index in [1.165, 1.54) is 0 Å². The van der Waals surface area contributed by atoms with Crippen LogP contribution in [0.3, 0.4) is 0 Å². The molecule has 1 aromatic heterocycles. The summed E-state index contributed by atoms with van der Waals surface area (Å²) in [6.07, 6.45) is 3.23. The minimum Gasteiger partial charge on any atom is -0.500 e. The Morgan fingerprint density at radius 3 is 3.09 bits per heavy atom. The molecule has 0 spiro atoms. The Bertz CT molecular complexity index is 257. The van der Waals surface area contributed by atoms with Gasteiger partial charge in [-0.1, -0.05) is 6.92 Å².